The lowest BCUT2D eigenvalue weighted by atomic mass is 9.67. The molecule has 2 amide bonds. The lowest BCUT2D eigenvalue weighted by Gasteiger charge is -2.45. The van der Waals surface area contributed by atoms with E-state index in [-0.39, 0.29) is 40.9 Å². The summed E-state index contributed by atoms with van der Waals surface area (Å²) in [5.74, 6) is 0.525. The molecular weight excluding hydrogens is 752 g/mol. The van der Waals surface area contributed by atoms with Crippen molar-refractivity contribution in [2.45, 2.75) is 83.5 Å². The van der Waals surface area contributed by atoms with E-state index in [0.29, 0.717) is 36.7 Å². The third-order valence-electron chi connectivity index (χ3n) is 12.1. The number of carbonyl (C=O) groups is 2. The second kappa shape index (κ2) is 17.5. The van der Waals surface area contributed by atoms with Gasteiger partial charge in [0.25, 0.3) is 11.8 Å². The quantitative estimate of drug-likeness (QED) is 0.282. The first-order valence-corrected chi connectivity index (χ1v) is 22.2. The molecule has 7 atom stereocenters. The number of hydrogen-bond donors (Lipinski definition) is 1. The maximum atomic E-state index is 14.9. The smallest absolute Gasteiger partial charge is 0.286 e. The Hall–Kier alpha value is -3.65. The molecule has 2 fully saturated rings. The molecule has 3 aromatic rings. The van der Waals surface area contributed by atoms with E-state index in [1.165, 1.54) is 29.1 Å². The number of halogens is 1. The van der Waals surface area contributed by atoms with Crippen molar-refractivity contribution in [1.29, 1.82) is 0 Å². The summed E-state index contributed by atoms with van der Waals surface area (Å²) >= 11 is 6.53. The molecule has 4 aliphatic rings. The summed E-state index contributed by atoms with van der Waals surface area (Å²) < 4.78 is 42.2. The topological polar surface area (TPSA) is 128 Å². The molecule has 304 valence electrons. The third-order valence-corrected chi connectivity index (χ3v) is 14.3. The lowest BCUT2D eigenvalue weighted by Crippen LogP contribution is -2.45. The van der Waals surface area contributed by atoms with Crippen molar-refractivity contribution < 1.29 is 28.0 Å². The summed E-state index contributed by atoms with van der Waals surface area (Å²) in [4.78, 5) is 32.5. The van der Waals surface area contributed by atoms with Crippen molar-refractivity contribution in [1.82, 2.24) is 19.4 Å². The molecule has 2 aromatic carbocycles. The van der Waals surface area contributed by atoms with E-state index in [9.17, 15) is 13.8 Å². The highest BCUT2D eigenvalue weighted by Crippen LogP contribution is 2.48. The number of benzene rings is 2. The number of aromatic nitrogens is 2. The molecule has 14 heteroatoms. The number of amides is 2. The zero-order valence-electron chi connectivity index (χ0n) is 33.4. The first kappa shape index (κ1) is 40.5. The molecule has 0 radical (unpaired) electrons. The Morgan fingerprint density at radius 2 is 1.91 bits per heavy atom. The summed E-state index contributed by atoms with van der Waals surface area (Å²) in [5.41, 5.74) is 3.60. The zero-order valence-corrected chi connectivity index (χ0v) is 34.9. The highest BCUT2D eigenvalue weighted by Gasteiger charge is 2.47. The van der Waals surface area contributed by atoms with Gasteiger partial charge in [-0.3, -0.25) is 19.0 Å². The molecular formula is C42H57ClN6O6S. The second-order valence-electron chi connectivity index (χ2n) is 16.6. The fourth-order valence-corrected chi connectivity index (χ4v) is 11.1. The summed E-state index contributed by atoms with van der Waals surface area (Å²) in [5, 5.41) is 4.91. The number of nitrogens with zero attached hydrogens (tertiary/aromatic N) is 5. The third kappa shape index (κ3) is 9.38. The van der Waals surface area contributed by atoms with E-state index in [4.69, 9.17) is 25.8 Å². The number of methoxy groups -OCH3 is 1. The van der Waals surface area contributed by atoms with Crippen molar-refractivity contribution in [3.05, 3.63) is 69.9 Å². The van der Waals surface area contributed by atoms with Gasteiger partial charge < -0.3 is 24.0 Å². The minimum Gasteiger partial charge on any atom is -0.491 e. The average Bonchev–Trinajstić information content (AvgIpc) is 3.72. The minimum absolute atomic E-state index is 0.0148. The lowest BCUT2D eigenvalue weighted by molar-refractivity contribution is -0.0553. The molecule has 1 saturated heterocycles. The molecule has 1 N–H and O–H groups in total. The fourth-order valence-electron chi connectivity index (χ4n) is 9.00. The summed E-state index contributed by atoms with van der Waals surface area (Å²) in [6.45, 7) is 4.90. The van der Waals surface area contributed by atoms with Crippen LogP contribution in [0.5, 0.6) is 11.6 Å². The first-order valence-electron chi connectivity index (χ1n) is 20.2. The highest BCUT2D eigenvalue weighted by atomic mass is 35.5. The Bertz CT molecular complexity index is 2030. The van der Waals surface area contributed by atoms with Crippen LogP contribution in [0.25, 0.3) is 0 Å². The number of nitrogens with one attached hydrogen (secondary N) is 1. The van der Waals surface area contributed by atoms with E-state index in [0.717, 1.165) is 81.6 Å². The predicted octanol–water partition coefficient (Wildman–Crippen LogP) is 6.94. The van der Waals surface area contributed by atoms with Gasteiger partial charge in [0, 0.05) is 36.9 Å². The van der Waals surface area contributed by atoms with E-state index in [1.54, 1.807) is 13.1 Å². The van der Waals surface area contributed by atoms with Crippen molar-refractivity contribution in [3.8, 4) is 11.6 Å². The number of anilines is 1. The minimum atomic E-state index is -3.61. The van der Waals surface area contributed by atoms with E-state index in [2.05, 4.69) is 50.2 Å². The molecule has 0 spiro atoms. The number of ether oxygens (including phenoxy) is 3. The molecule has 1 saturated carbocycles. The number of carbonyl (C=O) groups excluding carboxylic acids is 2. The van der Waals surface area contributed by atoms with Crippen molar-refractivity contribution >= 4 is 39.0 Å². The van der Waals surface area contributed by atoms with Gasteiger partial charge >= 0.3 is 0 Å². The van der Waals surface area contributed by atoms with Gasteiger partial charge in [-0.2, -0.15) is 0 Å². The Balaban J connectivity index is 1.31. The SMILES string of the molecule is COc1nn(C)cc1C(=O)NS1(=O)=NC(=O)c2ccc3c(c2)N(Cc2ccc(Cl)cc2CCCCO3)C[C@@H]2CC[C@H]2[C@H]2O[C@H](CCN(C)C)C[C@@H]2CC[C@H](C)C1. The normalized spacial score (nSPS) is 28.4. The molecule has 1 unspecified atom stereocenters. The molecule has 4 heterocycles. The molecule has 1 aromatic heterocycles. The van der Waals surface area contributed by atoms with Crippen LogP contribution in [0, 0.1) is 23.7 Å². The van der Waals surface area contributed by atoms with Crippen LogP contribution in [-0.2, 0) is 34.7 Å². The van der Waals surface area contributed by atoms with Gasteiger partial charge in [0.2, 0.25) is 5.88 Å². The van der Waals surface area contributed by atoms with Crippen LogP contribution < -0.4 is 19.1 Å². The fraction of sp³-hybridized carbons (Fsp3) is 0.595. The van der Waals surface area contributed by atoms with E-state index >= 15 is 0 Å². The van der Waals surface area contributed by atoms with Crippen LogP contribution in [0.3, 0.4) is 0 Å². The monoisotopic (exact) mass is 808 g/mol. The van der Waals surface area contributed by atoms with Gasteiger partial charge in [0.05, 0.1) is 37.4 Å². The maximum absolute atomic E-state index is 14.9. The summed E-state index contributed by atoms with van der Waals surface area (Å²) in [6.07, 6.45) is 10.4. The standard InChI is InChI=1S/C42H57ClN6O6S/c1-27-9-10-29-21-34(17-18-47(2)3)55-39(29)35-15-12-32(35)24-49-23-31-11-14-33(43)20-28(31)8-6-7-19-54-38-16-13-30(22-37(38)49)40(50)45-56(52,26-27)46-41(51)36-25-48(4)44-42(36)53-5/h11,13-14,16,20,22,25,27,29,32,34-35,39H,6-10,12,15,17-19,21,23-24,26H2,1-5H3,(H,45,46,50,51,52)/t27-,29-,32-,34+,35+,39-,56?/m0/s1. The first-order chi connectivity index (χ1) is 26.9. The summed E-state index contributed by atoms with van der Waals surface area (Å²) in [6, 6.07) is 11.5. The van der Waals surface area contributed by atoms with Gasteiger partial charge in [-0.25, -0.2) is 4.21 Å². The number of hydrogen-bond acceptors (Lipinski definition) is 9. The molecule has 7 rings (SSSR count). The van der Waals surface area contributed by atoms with E-state index in [1.807, 2.05) is 25.1 Å². The van der Waals surface area contributed by atoms with Crippen LogP contribution in [-0.4, -0.2) is 89.6 Å². The van der Waals surface area contributed by atoms with Gasteiger partial charge in [-0.1, -0.05) is 24.6 Å². The molecule has 3 aliphatic heterocycles. The Kier molecular flexibility index (Phi) is 12.6. The van der Waals surface area contributed by atoms with Crippen LogP contribution in [0.4, 0.5) is 5.69 Å². The van der Waals surface area contributed by atoms with Crippen molar-refractivity contribution in [3.63, 3.8) is 0 Å². The number of fused-ring (bicyclic) bond motifs is 5. The molecule has 56 heavy (non-hydrogen) atoms. The molecule has 2 bridgehead atoms. The maximum Gasteiger partial charge on any atom is 0.286 e. The zero-order chi connectivity index (χ0) is 39.6. The van der Waals surface area contributed by atoms with Gasteiger partial charge in [-0.15, -0.1) is 9.46 Å². The Morgan fingerprint density at radius 3 is 2.68 bits per heavy atom. The van der Waals surface area contributed by atoms with Gasteiger partial charge in [0.1, 0.15) is 21.2 Å². The van der Waals surface area contributed by atoms with Crippen LogP contribution in [0.2, 0.25) is 5.02 Å². The molecule has 1 aliphatic carbocycles. The van der Waals surface area contributed by atoms with Crippen LogP contribution in [0.15, 0.2) is 47.0 Å². The van der Waals surface area contributed by atoms with Crippen molar-refractivity contribution in [2.24, 2.45) is 35.1 Å². The largest absolute Gasteiger partial charge is 0.491 e. The Labute approximate surface area is 336 Å². The highest BCUT2D eigenvalue weighted by molar-refractivity contribution is 7.92. The van der Waals surface area contributed by atoms with Crippen LogP contribution in [0.1, 0.15) is 90.1 Å². The van der Waals surface area contributed by atoms with Crippen molar-refractivity contribution in [2.75, 3.05) is 51.6 Å². The summed E-state index contributed by atoms with van der Waals surface area (Å²) in [7, 11) is 3.69. The number of rotatable bonds is 6. The van der Waals surface area contributed by atoms with Crippen LogP contribution >= 0.6 is 11.6 Å². The second-order valence-corrected chi connectivity index (χ2v) is 19.1. The average molecular weight is 809 g/mol. The van der Waals surface area contributed by atoms with Gasteiger partial charge in [-0.05, 0) is 144 Å². The van der Waals surface area contributed by atoms with E-state index < -0.39 is 21.7 Å². The number of aryl methyl sites for hydroxylation is 2. The Morgan fingerprint density at radius 1 is 1.09 bits per heavy atom. The van der Waals surface area contributed by atoms with Gasteiger partial charge in [0.15, 0.2) is 0 Å². The predicted molar refractivity (Wildman–Crippen MR) is 219 cm³/mol. The molecule has 12 nitrogen and oxygen atoms in total.